The second-order valence-corrected chi connectivity index (χ2v) is 5.21. The van der Waals surface area contributed by atoms with Crippen LogP contribution >= 0.6 is 11.6 Å². The Morgan fingerprint density at radius 1 is 1.29 bits per heavy atom. The number of anilines is 2. The molecule has 0 aliphatic heterocycles. The Labute approximate surface area is 126 Å². The molecule has 1 N–H and O–H groups in total. The van der Waals surface area contributed by atoms with Crippen molar-refractivity contribution in [3.63, 3.8) is 0 Å². The van der Waals surface area contributed by atoms with E-state index in [1.165, 1.54) is 0 Å². The highest BCUT2D eigenvalue weighted by Crippen LogP contribution is 2.27. The molecular formula is C16H13ClN2O2. The molecule has 21 heavy (non-hydrogen) atoms. The first-order chi connectivity index (χ1) is 10.1. The van der Waals surface area contributed by atoms with Crippen LogP contribution in [0.25, 0.3) is 11.1 Å². The molecule has 3 aromatic rings. The summed E-state index contributed by atoms with van der Waals surface area (Å²) < 4.78 is 5.66. The number of benzene rings is 2. The third-order valence-corrected chi connectivity index (χ3v) is 3.35. The number of hydrogen-bond acceptors (Lipinski definition) is 4. The molecule has 0 aliphatic carbocycles. The molecule has 0 bridgehead atoms. The first-order valence-corrected chi connectivity index (χ1v) is 6.90. The number of hydrogen-bond donors (Lipinski definition) is 1. The number of nitrogens with one attached hydrogen (secondary N) is 1. The molecule has 0 spiro atoms. The fourth-order valence-corrected chi connectivity index (χ4v) is 2.28. The van der Waals surface area contributed by atoms with Gasteiger partial charge in [-0.2, -0.15) is 4.98 Å². The minimum atomic E-state index is 0.114. The predicted molar refractivity (Wildman–Crippen MR) is 83.1 cm³/mol. The molecule has 4 nitrogen and oxygen atoms in total. The summed E-state index contributed by atoms with van der Waals surface area (Å²) >= 11 is 6.09. The molecule has 0 atom stereocenters. The maximum atomic E-state index is 11.2. The van der Waals surface area contributed by atoms with Crippen LogP contribution in [0, 0.1) is 0 Å². The summed E-state index contributed by atoms with van der Waals surface area (Å²) in [5.74, 6) is 0.114. The van der Waals surface area contributed by atoms with Gasteiger partial charge >= 0.3 is 0 Å². The summed E-state index contributed by atoms with van der Waals surface area (Å²) in [7, 11) is 0. The van der Waals surface area contributed by atoms with Crippen molar-refractivity contribution in [2.45, 2.75) is 13.3 Å². The number of aromatic nitrogens is 1. The molecule has 0 amide bonds. The first-order valence-electron chi connectivity index (χ1n) is 6.52. The highest BCUT2D eigenvalue weighted by molar-refractivity contribution is 6.33. The van der Waals surface area contributed by atoms with Gasteiger partial charge in [0.25, 0.3) is 6.01 Å². The molecule has 5 heteroatoms. The average molecular weight is 301 g/mol. The summed E-state index contributed by atoms with van der Waals surface area (Å²) in [4.78, 5) is 15.5. The molecule has 2 aromatic carbocycles. The lowest BCUT2D eigenvalue weighted by molar-refractivity contribution is -0.116. The standard InChI is InChI=1S/C16H13ClN2O2/c1-10(20)8-11-6-7-14-15(9-11)21-16(19-14)18-13-5-3-2-4-12(13)17/h2-7,9H,8H2,1H3,(H,18,19). The summed E-state index contributed by atoms with van der Waals surface area (Å²) in [6.45, 7) is 1.56. The summed E-state index contributed by atoms with van der Waals surface area (Å²) in [5.41, 5.74) is 3.02. The van der Waals surface area contributed by atoms with Crippen molar-refractivity contribution in [1.29, 1.82) is 0 Å². The van der Waals surface area contributed by atoms with Crippen molar-refractivity contribution in [3.8, 4) is 0 Å². The largest absolute Gasteiger partial charge is 0.423 e. The quantitative estimate of drug-likeness (QED) is 0.778. The van der Waals surface area contributed by atoms with E-state index in [4.69, 9.17) is 16.0 Å². The van der Waals surface area contributed by atoms with Crippen LogP contribution in [-0.2, 0) is 11.2 Å². The Morgan fingerprint density at radius 3 is 2.86 bits per heavy atom. The van der Waals surface area contributed by atoms with Gasteiger partial charge in [0.2, 0.25) is 0 Å². The molecule has 0 unspecified atom stereocenters. The minimum Gasteiger partial charge on any atom is -0.423 e. The monoisotopic (exact) mass is 300 g/mol. The fourth-order valence-electron chi connectivity index (χ4n) is 2.10. The number of halogens is 1. The topological polar surface area (TPSA) is 55.1 Å². The molecule has 106 valence electrons. The van der Waals surface area contributed by atoms with Gasteiger partial charge in [-0.3, -0.25) is 4.79 Å². The number of rotatable bonds is 4. The summed E-state index contributed by atoms with van der Waals surface area (Å²) in [5, 5.41) is 3.64. The lowest BCUT2D eigenvalue weighted by atomic mass is 10.1. The van der Waals surface area contributed by atoms with E-state index in [9.17, 15) is 4.79 Å². The lowest BCUT2D eigenvalue weighted by Crippen LogP contribution is -1.95. The van der Waals surface area contributed by atoms with E-state index in [1.807, 2.05) is 36.4 Å². The van der Waals surface area contributed by atoms with Crippen molar-refractivity contribution < 1.29 is 9.21 Å². The Morgan fingerprint density at radius 2 is 2.10 bits per heavy atom. The molecule has 3 rings (SSSR count). The predicted octanol–water partition coefficient (Wildman–Crippen LogP) is 4.36. The van der Waals surface area contributed by atoms with Gasteiger partial charge < -0.3 is 9.73 Å². The number of ketones is 1. The van der Waals surface area contributed by atoms with Crippen LogP contribution in [0.3, 0.4) is 0 Å². The molecule has 1 aromatic heterocycles. The van der Waals surface area contributed by atoms with E-state index in [2.05, 4.69) is 10.3 Å². The minimum absolute atomic E-state index is 0.114. The average Bonchev–Trinajstić information content (AvgIpc) is 2.82. The van der Waals surface area contributed by atoms with Crippen LogP contribution in [0.5, 0.6) is 0 Å². The van der Waals surface area contributed by atoms with Crippen LogP contribution < -0.4 is 5.32 Å². The molecule has 0 aliphatic rings. The SMILES string of the molecule is CC(=O)Cc1ccc2nc(Nc3ccccc3Cl)oc2c1. The van der Waals surface area contributed by atoms with E-state index in [-0.39, 0.29) is 5.78 Å². The van der Waals surface area contributed by atoms with Crippen LogP contribution in [0.4, 0.5) is 11.7 Å². The van der Waals surface area contributed by atoms with Crippen LogP contribution in [0.2, 0.25) is 5.02 Å². The highest BCUT2D eigenvalue weighted by Gasteiger charge is 2.09. The number of carbonyl (C=O) groups excluding carboxylic acids is 1. The lowest BCUT2D eigenvalue weighted by Gasteiger charge is -2.02. The van der Waals surface area contributed by atoms with Crippen molar-refractivity contribution in [3.05, 3.63) is 53.1 Å². The van der Waals surface area contributed by atoms with E-state index in [0.29, 0.717) is 23.0 Å². The summed E-state index contributed by atoms with van der Waals surface area (Å²) in [6.07, 6.45) is 0.393. The molecule has 0 fully saturated rings. The number of oxazole rings is 1. The summed E-state index contributed by atoms with van der Waals surface area (Å²) in [6, 6.07) is 13.3. The normalized spacial score (nSPS) is 10.8. The van der Waals surface area contributed by atoms with Gasteiger partial charge in [0.15, 0.2) is 5.58 Å². The number of nitrogens with zero attached hydrogens (tertiary/aromatic N) is 1. The van der Waals surface area contributed by atoms with E-state index in [0.717, 1.165) is 16.8 Å². The number of para-hydroxylation sites is 1. The Hall–Kier alpha value is -2.33. The Balaban J connectivity index is 1.90. The zero-order chi connectivity index (χ0) is 14.8. The van der Waals surface area contributed by atoms with Crippen LogP contribution in [0.15, 0.2) is 46.9 Å². The first kappa shape index (κ1) is 13.6. The third kappa shape index (κ3) is 3.06. The van der Waals surface area contributed by atoms with Gasteiger partial charge in [0.05, 0.1) is 10.7 Å². The van der Waals surface area contributed by atoms with Crippen molar-refractivity contribution in [2.75, 3.05) is 5.32 Å². The second kappa shape index (κ2) is 5.58. The van der Waals surface area contributed by atoms with Crippen molar-refractivity contribution >= 4 is 40.2 Å². The zero-order valence-corrected chi connectivity index (χ0v) is 12.1. The van der Waals surface area contributed by atoms with Gasteiger partial charge in [0, 0.05) is 6.42 Å². The van der Waals surface area contributed by atoms with Crippen LogP contribution in [0.1, 0.15) is 12.5 Å². The third-order valence-electron chi connectivity index (χ3n) is 3.02. The molecular weight excluding hydrogens is 288 g/mol. The smallest absolute Gasteiger partial charge is 0.300 e. The van der Waals surface area contributed by atoms with Gasteiger partial charge in [-0.1, -0.05) is 29.8 Å². The van der Waals surface area contributed by atoms with Gasteiger partial charge in [-0.05, 0) is 36.8 Å². The van der Waals surface area contributed by atoms with E-state index < -0.39 is 0 Å². The number of fused-ring (bicyclic) bond motifs is 1. The molecule has 0 saturated heterocycles. The van der Waals surface area contributed by atoms with Gasteiger partial charge in [0.1, 0.15) is 11.3 Å². The van der Waals surface area contributed by atoms with E-state index >= 15 is 0 Å². The maximum Gasteiger partial charge on any atom is 0.300 e. The van der Waals surface area contributed by atoms with E-state index in [1.54, 1.807) is 13.0 Å². The number of carbonyl (C=O) groups is 1. The fraction of sp³-hybridized carbons (Fsp3) is 0.125. The van der Waals surface area contributed by atoms with Crippen molar-refractivity contribution in [1.82, 2.24) is 4.98 Å². The zero-order valence-electron chi connectivity index (χ0n) is 11.4. The molecule has 0 saturated carbocycles. The molecule has 1 heterocycles. The van der Waals surface area contributed by atoms with Crippen LogP contribution in [-0.4, -0.2) is 10.8 Å². The van der Waals surface area contributed by atoms with Gasteiger partial charge in [-0.25, -0.2) is 0 Å². The Kier molecular flexibility index (Phi) is 3.62. The van der Waals surface area contributed by atoms with Crippen molar-refractivity contribution in [2.24, 2.45) is 0 Å². The second-order valence-electron chi connectivity index (χ2n) is 4.80. The highest BCUT2D eigenvalue weighted by atomic mass is 35.5. The maximum absolute atomic E-state index is 11.2. The molecule has 0 radical (unpaired) electrons. The van der Waals surface area contributed by atoms with Gasteiger partial charge in [-0.15, -0.1) is 0 Å². The Bertz CT molecular complexity index is 811. The number of Topliss-reactive ketones (excluding diaryl/α,β-unsaturated/α-hetero) is 1.